The second-order valence-corrected chi connectivity index (χ2v) is 6.39. The van der Waals surface area contributed by atoms with Gasteiger partial charge in [0.1, 0.15) is 5.82 Å². The summed E-state index contributed by atoms with van der Waals surface area (Å²) in [6.07, 6.45) is 1.83. The summed E-state index contributed by atoms with van der Waals surface area (Å²) < 4.78 is 14.4. The Bertz CT molecular complexity index is 566. The molecule has 1 unspecified atom stereocenters. The lowest BCUT2D eigenvalue weighted by atomic mass is 9.98. The molecule has 0 heterocycles. The van der Waals surface area contributed by atoms with Crippen LogP contribution >= 0.6 is 27.5 Å². The number of halogens is 3. The number of hydrogen-bond donors (Lipinski definition) is 1. The highest BCUT2D eigenvalue weighted by Gasteiger charge is 2.13. The molecule has 0 fully saturated rings. The lowest BCUT2D eigenvalue weighted by Gasteiger charge is -2.20. The van der Waals surface area contributed by atoms with Crippen molar-refractivity contribution >= 4 is 27.5 Å². The monoisotopic (exact) mass is 369 g/mol. The Balaban J connectivity index is 2.22. The molecular formula is C17H18BrClFN. The van der Waals surface area contributed by atoms with Gasteiger partial charge >= 0.3 is 0 Å². The number of rotatable bonds is 6. The second-order valence-electron chi connectivity index (χ2n) is 5.04. The van der Waals surface area contributed by atoms with E-state index in [-0.39, 0.29) is 11.9 Å². The summed E-state index contributed by atoms with van der Waals surface area (Å²) in [5, 5.41) is 4.21. The van der Waals surface area contributed by atoms with E-state index in [1.807, 2.05) is 30.3 Å². The van der Waals surface area contributed by atoms with Crippen molar-refractivity contribution in [1.82, 2.24) is 5.32 Å². The minimum atomic E-state index is -0.223. The molecule has 21 heavy (non-hydrogen) atoms. The highest BCUT2D eigenvalue weighted by molar-refractivity contribution is 9.10. The predicted octanol–water partition coefficient (Wildman–Crippen LogP) is 5.53. The van der Waals surface area contributed by atoms with E-state index in [0.717, 1.165) is 34.4 Å². The Hall–Kier alpha value is -0.900. The Labute approximate surface area is 138 Å². The maximum atomic E-state index is 13.6. The Morgan fingerprint density at radius 2 is 1.90 bits per heavy atom. The molecule has 1 nitrogen and oxygen atoms in total. The van der Waals surface area contributed by atoms with Crippen molar-refractivity contribution in [2.75, 3.05) is 6.54 Å². The molecule has 0 spiro atoms. The zero-order chi connectivity index (χ0) is 15.2. The minimum absolute atomic E-state index is 0.0816. The maximum Gasteiger partial charge on any atom is 0.124 e. The molecule has 2 aromatic rings. The molecule has 0 saturated heterocycles. The second kappa shape index (κ2) is 7.92. The first kappa shape index (κ1) is 16.5. The summed E-state index contributed by atoms with van der Waals surface area (Å²) in [7, 11) is 0. The van der Waals surface area contributed by atoms with Crippen molar-refractivity contribution < 1.29 is 4.39 Å². The van der Waals surface area contributed by atoms with Gasteiger partial charge in [-0.15, -0.1) is 0 Å². The molecule has 0 aromatic heterocycles. The van der Waals surface area contributed by atoms with Gasteiger partial charge in [-0.25, -0.2) is 4.39 Å². The molecule has 0 aliphatic heterocycles. The van der Waals surface area contributed by atoms with Crippen LogP contribution in [0.1, 0.15) is 30.5 Å². The minimum Gasteiger partial charge on any atom is -0.310 e. The summed E-state index contributed by atoms with van der Waals surface area (Å²) in [5.41, 5.74) is 2.12. The molecule has 1 atom stereocenters. The van der Waals surface area contributed by atoms with E-state index in [0.29, 0.717) is 0 Å². The van der Waals surface area contributed by atoms with Crippen molar-refractivity contribution in [3.8, 4) is 0 Å². The third-order valence-corrected chi connectivity index (χ3v) is 3.99. The van der Waals surface area contributed by atoms with Gasteiger partial charge in [-0.1, -0.05) is 46.6 Å². The number of hydrogen-bond acceptors (Lipinski definition) is 1. The van der Waals surface area contributed by atoms with Gasteiger partial charge in [0.25, 0.3) is 0 Å². The van der Waals surface area contributed by atoms with Crippen LogP contribution in [0.5, 0.6) is 0 Å². The van der Waals surface area contributed by atoms with Crippen molar-refractivity contribution in [2.24, 2.45) is 0 Å². The molecule has 0 amide bonds. The van der Waals surface area contributed by atoms with Crippen LogP contribution in [0.2, 0.25) is 5.02 Å². The van der Waals surface area contributed by atoms with E-state index >= 15 is 0 Å². The van der Waals surface area contributed by atoms with E-state index in [2.05, 4.69) is 28.2 Å². The van der Waals surface area contributed by atoms with Crippen molar-refractivity contribution in [3.63, 3.8) is 0 Å². The quantitative estimate of drug-likeness (QED) is 0.705. The fourth-order valence-electron chi connectivity index (χ4n) is 2.26. The van der Waals surface area contributed by atoms with Crippen LogP contribution < -0.4 is 5.32 Å². The van der Waals surface area contributed by atoms with Gasteiger partial charge in [0, 0.05) is 15.5 Å². The van der Waals surface area contributed by atoms with Gasteiger partial charge in [-0.3, -0.25) is 0 Å². The van der Waals surface area contributed by atoms with Gasteiger partial charge in [0.2, 0.25) is 0 Å². The molecule has 0 bridgehead atoms. The van der Waals surface area contributed by atoms with E-state index < -0.39 is 0 Å². The summed E-state index contributed by atoms with van der Waals surface area (Å²) in [6.45, 7) is 3.01. The summed E-state index contributed by atoms with van der Waals surface area (Å²) in [6, 6.07) is 12.9. The molecule has 2 rings (SSSR count). The summed E-state index contributed by atoms with van der Waals surface area (Å²) in [4.78, 5) is 0. The average Bonchev–Trinajstić information content (AvgIpc) is 2.44. The van der Waals surface area contributed by atoms with Gasteiger partial charge < -0.3 is 5.32 Å². The SMILES string of the molecule is CCCNC(Cc1ccc(Cl)cc1)c1cc(F)cc(Br)c1. The predicted molar refractivity (Wildman–Crippen MR) is 90.3 cm³/mol. The standard InChI is InChI=1S/C17H18BrClFN/c1-2-7-21-17(8-12-3-5-15(19)6-4-12)13-9-14(18)11-16(20)10-13/h3-6,9-11,17,21H,2,7-8H2,1H3. The molecule has 0 radical (unpaired) electrons. The highest BCUT2D eigenvalue weighted by Crippen LogP contribution is 2.24. The van der Waals surface area contributed by atoms with Crippen molar-refractivity contribution in [1.29, 1.82) is 0 Å². The Morgan fingerprint density at radius 3 is 2.52 bits per heavy atom. The van der Waals surface area contributed by atoms with Crippen LogP contribution in [0.4, 0.5) is 4.39 Å². The molecule has 112 valence electrons. The topological polar surface area (TPSA) is 12.0 Å². The van der Waals surface area contributed by atoms with Crippen molar-refractivity contribution in [3.05, 3.63) is 68.9 Å². The van der Waals surface area contributed by atoms with Crippen LogP contribution in [-0.2, 0) is 6.42 Å². The largest absolute Gasteiger partial charge is 0.310 e. The van der Waals surface area contributed by atoms with Crippen LogP contribution in [0.15, 0.2) is 46.9 Å². The third kappa shape index (κ3) is 5.10. The van der Waals surface area contributed by atoms with E-state index in [9.17, 15) is 4.39 Å². The van der Waals surface area contributed by atoms with Crippen LogP contribution in [-0.4, -0.2) is 6.54 Å². The normalized spacial score (nSPS) is 12.4. The van der Waals surface area contributed by atoms with Crippen LogP contribution in [0.3, 0.4) is 0 Å². The number of benzene rings is 2. The zero-order valence-electron chi connectivity index (χ0n) is 11.9. The van der Waals surface area contributed by atoms with Gasteiger partial charge in [-0.05, 0) is 60.8 Å². The number of nitrogens with one attached hydrogen (secondary N) is 1. The van der Waals surface area contributed by atoms with E-state index in [1.165, 1.54) is 11.6 Å². The molecule has 0 aliphatic carbocycles. The smallest absolute Gasteiger partial charge is 0.124 e. The first-order chi connectivity index (χ1) is 10.1. The van der Waals surface area contributed by atoms with Crippen LogP contribution in [0.25, 0.3) is 0 Å². The molecule has 0 saturated carbocycles. The summed E-state index contributed by atoms with van der Waals surface area (Å²) in [5.74, 6) is -0.223. The molecule has 0 aliphatic rings. The lowest BCUT2D eigenvalue weighted by Crippen LogP contribution is -2.24. The summed E-state index contributed by atoms with van der Waals surface area (Å²) >= 11 is 9.28. The average molecular weight is 371 g/mol. The Kier molecular flexibility index (Phi) is 6.22. The van der Waals surface area contributed by atoms with E-state index in [1.54, 1.807) is 6.07 Å². The van der Waals surface area contributed by atoms with Crippen LogP contribution in [0, 0.1) is 5.82 Å². The van der Waals surface area contributed by atoms with E-state index in [4.69, 9.17) is 11.6 Å². The highest BCUT2D eigenvalue weighted by atomic mass is 79.9. The Morgan fingerprint density at radius 1 is 1.19 bits per heavy atom. The van der Waals surface area contributed by atoms with Gasteiger partial charge in [0.15, 0.2) is 0 Å². The van der Waals surface area contributed by atoms with Gasteiger partial charge in [0.05, 0.1) is 0 Å². The van der Waals surface area contributed by atoms with Crippen molar-refractivity contribution in [2.45, 2.75) is 25.8 Å². The molecule has 2 aromatic carbocycles. The fourth-order valence-corrected chi connectivity index (χ4v) is 2.87. The molecule has 1 N–H and O–H groups in total. The fraction of sp³-hybridized carbons (Fsp3) is 0.294. The first-order valence-electron chi connectivity index (χ1n) is 7.02. The first-order valence-corrected chi connectivity index (χ1v) is 8.19. The molecular weight excluding hydrogens is 353 g/mol. The zero-order valence-corrected chi connectivity index (χ0v) is 14.2. The van der Waals surface area contributed by atoms with Gasteiger partial charge in [-0.2, -0.15) is 0 Å². The lowest BCUT2D eigenvalue weighted by molar-refractivity contribution is 0.524. The maximum absolute atomic E-state index is 13.6. The molecule has 4 heteroatoms. The third-order valence-electron chi connectivity index (χ3n) is 3.28.